The molecule has 0 atom stereocenters. The number of nitrogens with zero attached hydrogens (tertiary/aromatic N) is 2. The van der Waals surface area contributed by atoms with Crippen molar-refractivity contribution >= 4 is 7.25 Å². The van der Waals surface area contributed by atoms with E-state index in [0.717, 1.165) is 6.54 Å². The van der Waals surface area contributed by atoms with E-state index in [1.165, 1.54) is 39.2 Å². The Labute approximate surface area is 207 Å². The largest absolute Gasteiger partial charge is 0.673 e. The molecular formula is C29H23BF4N2. The third kappa shape index (κ3) is 6.89. The van der Waals surface area contributed by atoms with Gasteiger partial charge in [0.25, 0.3) is 0 Å². The minimum absolute atomic E-state index is 0.770. The summed E-state index contributed by atoms with van der Waals surface area (Å²) < 4.78 is 41.4. The molecule has 36 heavy (non-hydrogen) atoms. The Morgan fingerprint density at radius 2 is 0.917 bits per heavy atom. The highest BCUT2D eigenvalue weighted by Gasteiger charge is 2.23. The van der Waals surface area contributed by atoms with Gasteiger partial charge in [-0.05, 0) is 47.5 Å². The molecule has 0 radical (unpaired) electrons. The van der Waals surface area contributed by atoms with Gasteiger partial charge in [-0.3, -0.25) is 4.98 Å². The molecule has 180 valence electrons. The Morgan fingerprint density at radius 3 is 1.33 bits per heavy atom. The van der Waals surface area contributed by atoms with Crippen LogP contribution in [0, 0.1) is 0 Å². The lowest BCUT2D eigenvalue weighted by Crippen LogP contribution is -2.39. The van der Waals surface area contributed by atoms with Crippen molar-refractivity contribution in [2.75, 3.05) is 0 Å². The molecule has 0 fully saturated rings. The molecule has 5 aromatic rings. The lowest BCUT2D eigenvalue weighted by molar-refractivity contribution is -0.666. The third-order valence-electron chi connectivity index (χ3n) is 5.50. The molecule has 0 aliphatic rings. The maximum absolute atomic E-state index is 9.75. The van der Waals surface area contributed by atoms with Crippen molar-refractivity contribution in [3.05, 3.63) is 133 Å². The number of rotatable bonds is 5. The SMILES string of the molecule is F[B-](F)(F)F.c1ccc(-c2cc(-c3ccccc3)[n+](Cc3ccncc3)c(-c3ccccc3)c2)cc1. The van der Waals surface area contributed by atoms with Crippen LogP contribution in [-0.2, 0) is 6.54 Å². The van der Waals surface area contributed by atoms with Crippen LogP contribution in [0.15, 0.2) is 128 Å². The van der Waals surface area contributed by atoms with Gasteiger partial charge in [-0.15, -0.1) is 0 Å². The molecule has 2 heterocycles. The Morgan fingerprint density at radius 1 is 0.528 bits per heavy atom. The summed E-state index contributed by atoms with van der Waals surface area (Å²) in [5, 5.41) is 0. The van der Waals surface area contributed by atoms with Gasteiger partial charge >= 0.3 is 7.25 Å². The molecule has 7 heteroatoms. The first kappa shape index (κ1) is 24.9. The molecule has 3 aromatic carbocycles. The predicted molar refractivity (Wildman–Crippen MR) is 136 cm³/mol. The molecule has 0 amide bonds. The first-order valence-electron chi connectivity index (χ1n) is 11.4. The van der Waals surface area contributed by atoms with Crippen LogP contribution in [0.4, 0.5) is 17.3 Å². The normalized spacial score (nSPS) is 10.9. The minimum Gasteiger partial charge on any atom is -0.418 e. The fourth-order valence-corrected chi connectivity index (χ4v) is 3.96. The van der Waals surface area contributed by atoms with Crippen molar-refractivity contribution in [2.24, 2.45) is 0 Å². The molecular weight excluding hydrogens is 463 g/mol. The van der Waals surface area contributed by atoms with E-state index >= 15 is 0 Å². The summed E-state index contributed by atoms with van der Waals surface area (Å²) in [6.07, 6.45) is 3.72. The summed E-state index contributed by atoms with van der Waals surface area (Å²) in [7, 11) is -6.00. The molecule has 2 nitrogen and oxygen atoms in total. The number of aromatic nitrogens is 2. The van der Waals surface area contributed by atoms with Crippen LogP contribution in [0.2, 0.25) is 0 Å². The summed E-state index contributed by atoms with van der Waals surface area (Å²) >= 11 is 0. The summed E-state index contributed by atoms with van der Waals surface area (Å²) in [5.41, 5.74) is 8.44. The number of hydrogen-bond donors (Lipinski definition) is 0. The van der Waals surface area contributed by atoms with Crippen LogP contribution in [-0.4, -0.2) is 12.2 Å². The molecule has 0 aliphatic carbocycles. The second-order valence-electron chi connectivity index (χ2n) is 8.05. The van der Waals surface area contributed by atoms with Crippen LogP contribution in [0.25, 0.3) is 33.6 Å². The number of halogens is 4. The van der Waals surface area contributed by atoms with Crippen LogP contribution in [0.1, 0.15) is 5.56 Å². The van der Waals surface area contributed by atoms with Crippen LogP contribution < -0.4 is 4.57 Å². The molecule has 5 rings (SSSR count). The minimum atomic E-state index is -6.00. The fraction of sp³-hybridized carbons (Fsp3) is 0.0345. The second kappa shape index (κ2) is 11.4. The zero-order valence-corrected chi connectivity index (χ0v) is 19.3. The Bertz CT molecular complexity index is 1310. The molecule has 0 spiro atoms. The quantitative estimate of drug-likeness (QED) is 0.141. The van der Waals surface area contributed by atoms with E-state index in [1.807, 2.05) is 12.4 Å². The van der Waals surface area contributed by atoms with Crippen LogP contribution in [0.3, 0.4) is 0 Å². The van der Waals surface area contributed by atoms with Gasteiger partial charge in [0, 0.05) is 41.2 Å². The molecule has 0 aliphatic heterocycles. The van der Waals surface area contributed by atoms with Gasteiger partial charge < -0.3 is 17.3 Å². The summed E-state index contributed by atoms with van der Waals surface area (Å²) in [5.74, 6) is 0. The molecule has 0 saturated carbocycles. The molecule has 2 aromatic heterocycles. The Kier molecular flexibility index (Phi) is 7.90. The molecule has 0 unspecified atom stereocenters. The zero-order valence-electron chi connectivity index (χ0n) is 19.3. The maximum atomic E-state index is 9.75. The predicted octanol–water partition coefficient (Wildman–Crippen LogP) is 7.72. The van der Waals surface area contributed by atoms with Gasteiger partial charge in [0.2, 0.25) is 11.4 Å². The van der Waals surface area contributed by atoms with E-state index < -0.39 is 7.25 Å². The lowest BCUT2D eigenvalue weighted by atomic mass is 9.98. The van der Waals surface area contributed by atoms with Crippen molar-refractivity contribution < 1.29 is 21.8 Å². The number of benzene rings is 3. The fourth-order valence-electron chi connectivity index (χ4n) is 3.96. The third-order valence-corrected chi connectivity index (χ3v) is 5.50. The van der Waals surface area contributed by atoms with E-state index in [2.05, 4.69) is 125 Å². The monoisotopic (exact) mass is 486 g/mol. The standard InChI is InChI=1S/C29H23N2.BF4/c1-4-10-24(11-5-1)27-20-28(25-12-6-2-7-13-25)31(22-23-16-18-30-19-17-23)29(21-27)26-14-8-3-9-15-26;2-1(3,4)5/h1-21H,22H2;/q+1;-1. The Hall–Kier alpha value is -4.26. The van der Waals surface area contributed by atoms with E-state index in [4.69, 9.17) is 0 Å². The van der Waals surface area contributed by atoms with Crippen molar-refractivity contribution in [1.82, 2.24) is 4.98 Å². The average molecular weight is 486 g/mol. The second-order valence-corrected chi connectivity index (χ2v) is 8.05. The van der Waals surface area contributed by atoms with Crippen molar-refractivity contribution in [1.29, 1.82) is 0 Å². The van der Waals surface area contributed by atoms with Gasteiger partial charge in [-0.25, -0.2) is 0 Å². The van der Waals surface area contributed by atoms with Gasteiger partial charge in [-0.2, -0.15) is 4.57 Å². The Balaban J connectivity index is 0.000000556. The summed E-state index contributed by atoms with van der Waals surface area (Å²) in [4.78, 5) is 4.19. The van der Waals surface area contributed by atoms with Crippen molar-refractivity contribution in [2.45, 2.75) is 6.54 Å². The summed E-state index contributed by atoms with van der Waals surface area (Å²) in [6.45, 7) is 0.770. The topological polar surface area (TPSA) is 16.8 Å². The lowest BCUT2D eigenvalue weighted by Gasteiger charge is -2.13. The maximum Gasteiger partial charge on any atom is 0.673 e. The smallest absolute Gasteiger partial charge is 0.418 e. The van der Waals surface area contributed by atoms with Gasteiger partial charge in [-0.1, -0.05) is 66.7 Å². The first-order chi connectivity index (χ1) is 17.4. The van der Waals surface area contributed by atoms with E-state index in [9.17, 15) is 17.3 Å². The van der Waals surface area contributed by atoms with Gasteiger partial charge in [0.15, 0.2) is 6.54 Å². The average Bonchev–Trinajstić information content (AvgIpc) is 2.90. The van der Waals surface area contributed by atoms with E-state index in [1.54, 1.807) is 0 Å². The first-order valence-corrected chi connectivity index (χ1v) is 11.4. The summed E-state index contributed by atoms with van der Waals surface area (Å²) in [6, 6.07) is 40.6. The van der Waals surface area contributed by atoms with Crippen LogP contribution in [0.5, 0.6) is 0 Å². The highest BCUT2D eigenvalue weighted by Crippen LogP contribution is 2.29. The highest BCUT2D eigenvalue weighted by atomic mass is 19.5. The molecule has 0 bridgehead atoms. The van der Waals surface area contributed by atoms with Crippen LogP contribution >= 0.6 is 0 Å². The zero-order chi connectivity index (χ0) is 25.4. The van der Waals surface area contributed by atoms with E-state index in [-0.39, 0.29) is 0 Å². The van der Waals surface area contributed by atoms with Crippen molar-refractivity contribution in [3.8, 4) is 33.6 Å². The van der Waals surface area contributed by atoms with Crippen molar-refractivity contribution in [3.63, 3.8) is 0 Å². The van der Waals surface area contributed by atoms with Gasteiger partial charge in [0.1, 0.15) is 0 Å². The number of pyridine rings is 2. The van der Waals surface area contributed by atoms with Gasteiger partial charge in [0.05, 0.1) is 0 Å². The number of hydrogen-bond acceptors (Lipinski definition) is 1. The van der Waals surface area contributed by atoms with E-state index in [0.29, 0.717) is 0 Å². The molecule has 0 saturated heterocycles. The highest BCUT2D eigenvalue weighted by molar-refractivity contribution is 6.50. The molecule has 0 N–H and O–H groups in total.